The van der Waals surface area contributed by atoms with Crippen LogP contribution in [-0.4, -0.2) is 36.5 Å². The first-order chi connectivity index (χ1) is 7.65. The van der Waals surface area contributed by atoms with Crippen LogP contribution in [0, 0.1) is 10.1 Å². The van der Waals surface area contributed by atoms with Crippen molar-refractivity contribution in [3.05, 3.63) is 33.9 Å². The van der Waals surface area contributed by atoms with Gasteiger partial charge in [0.25, 0.3) is 5.69 Å². The van der Waals surface area contributed by atoms with Crippen LogP contribution in [0.1, 0.15) is 5.56 Å². The number of benzene rings is 1. The van der Waals surface area contributed by atoms with Gasteiger partial charge in [-0.3, -0.25) is 15.1 Å². The zero-order valence-electron chi connectivity index (χ0n) is 8.79. The van der Waals surface area contributed by atoms with Crippen LogP contribution < -0.4 is 0 Å². The number of hydrogen-bond acceptors (Lipinski definition) is 5. The molecule has 0 saturated heterocycles. The highest BCUT2D eigenvalue weighted by Gasteiger charge is 2.08. The molecule has 0 unspecified atom stereocenters. The standard InChI is InChI=1S/C10H12N2O4/c1-16-5-4-11-7-8-6-9(12(14)15)2-3-10(8)13/h2-3,6-7,13H,4-5H2,1H3. The monoisotopic (exact) mass is 224 g/mol. The third-order valence-corrected chi connectivity index (χ3v) is 1.88. The Morgan fingerprint density at radius 1 is 1.62 bits per heavy atom. The molecule has 1 aromatic carbocycles. The summed E-state index contributed by atoms with van der Waals surface area (Å²) in [5, 5.41) is 19.9. The van der Waals surface area contributed by atoms with Gasteiger partial charge >= 0.3 is 0 Å². The molecule has 86 valence electrons. The summed E-state index contributed by atoms with van der Waals surface area (Å²) in [5.41, 5.74) is 0.247. The second-order valence-corrected chi connectivity index (χ2v) is 3.03. The van der Waals surface area contributed by atoms with Gasteiger partial charge in [0.1, 0.15) is 5.75 Å². The second-order valence-electron chi connectivity index (χ2n) is 3.03. The van der Waals surface area contributed by atoms with Crippen molar-refractivity contribution in [1.29, 1.82) is 0 Å². The molecule has 0 aromatic heterocycles. The number of phenolic OH excluding ortho intramolecular Hbond substituents is 1. The van der Waals surface area contributed by atoms with E-state index in [1.807, 2.05) is 0 Å². The van der Waals surface area contributed by atoms with Gasteiger partial charge in [0.15, 0.2) is 0 Å². The minimum atomic E-state index is -0.522. The van der Waals surface area contributed by atoms with Crippen LogP contribution in [0.5, 0.6) is 5.75 Å². The molecule has 0 radical (unpaired) electrons. The number of aromatic hydroxyl groups is 1. The third kappa shape index (κ3) is 3.32. The maximum Gasteiger partial charge on any atom is 0.270 e. The molecular weight excluding hydrogens is 212 g/mol. The molecular formula is C10H12N2O4. The molecule has 0 saturated carbocycles. The Morgan fingerprint density at radius 3 is 3.00 bits per heavy atom. The lowest BCUT2D eigenvalue weighted by molar-refractivity contribution is -0.384. The van der Waals surface area contributed by atoms with Gasteiger partial charge in [-0.2, -0.15) is 0 Å². The number of hydrogen-bond donors (Lipinski definition) is 1. The highest BCUT2D eigenvalue weighted by molar-refractivity contribution is 5.84. The Morgan fingerprint density at radius 2 is 2.38 bits per heavy atom. The van der Waals surface area contributed by atoms with E-state index in [0.29, 0.717) is 18.7 Å². The minimum absolute atomic E-state index is 0.0354. The number of phenols is 1. The molecule has 1 N–H and O–H groups in total. The molecule has 1 rings (SSSR count). The minimum Gasteiger partial charge on any atom is -0.507 e. The fourth-order valence-corrected chi connectivity index (χ4v) is 1.07. The highest BCUT2D eigenvalue weighted by Crippen LogP contribution is 2.21. The fourth-order valence-electron chi connectivity index (χ4n) is 1.07. The lowest BCUT2D eigenvalue weighted by Gasteiger charge is -1.98. The van der Waals surface area contributed by atoms with Crippen molar-refractivity contribution in [3.8, 4) is 5.75 Å². The molecule has 0 bridgehead atoms. The van der Waals surface area contributed by atoms with Crippen LogP contribution >= 0.6 is 0 Å². The molecule has 1 aromatic rings. The first kappa shape index (κ1) is 12.1. The molecule has 0 spiro atoms. The number of methoxy groups -OCH3 is 1. The fraction of sp³-hybridized carbons (Fsp3) is 0.300. The van der Waals surface area contributed by atoms with E-state index in [1.54, 1.807) is 7.11 Å². The third-order valence-electron chi connectivity index (χ3n) is 1.88. The van der Waals surface area contributed by atoms with Crippen molar-refractivity contribution >= 4 is 11.9 Å². The van der Waals surface area contributed by atoms with Crippen LogP contribution in [0.15, 0.2) is 23.2 Å². The molecule has 0 aliphatic rings. The van der Waals surface area contributed by atoms with E-state index in [9.17, 15) is 15.2 Å². The average molecular weight is 224 g/mol. The number of nitro benzene ring substituents is 1. The molecule has 0 heterocycles. The van der Waals surface area contributed by atoms with Gasteiger partial charge in [-0.25, -0.2) is 0 Å². The summed E-state index contributed by atoms with van der Waals surface area (Å²) in [4.78, 5) is 13.9. The maximum absolute atomic E-state index is 10.5. The number of non-ortho nitro benzene ring substituents is 1. The largest absolute Gasteiger partial charge is 0.507 e. The van der Waals surface area contributed by atoms with E-state index >= 15 is 0 Å². The van der Waals surface area contributed by atoms with E-state index in [4.69, 9.17) is 4.74 Å². The molecule has 0 aliphatic heterocycles. The first-order valence-electron chi connectivity index (χ1n) is 4.61. The van der Waals surface area contributed by atoms with Crippen molar-refractivity contribution in [3.63, 3.8) is 0 Å². The van der Waals surface area contributed by atoms with Gasteiger partial charge in [0.2, 0.25) is 0 Å². The summed E-state index contributed by atoms with van der Waals surface area (Å²) in [5.74, 6) is -0.0354. The average Bonchev–Trinajstić information content (AvgIpc) is 2.26. The summed E-state index contributed by atoms with van der Waals surface area (Å²) >= 11 is 0. The van der Waals surface area contributed by atoms with Crippen molar-refractivity contribution < 1.29 is 14.8 Å². The Hall–Kier alpha value is -1.95. The van der Waals surface area contributed by atoms with E-state index in [0.717, 1.165) is 0 Å². The molecule has 0 atom stereocenters. The number of rotatable bonds is 5. The highest BCUT2D eigenvalue weighted by atomic mass is 16.6. The quantitative estimate of drug-likeness (QED) is 0.354. The van der Waals surface area contributed by atoms with Crippen LogP contribution in [0.4, 0.5) is 5.69 Å². The summed E-state index contributed by atoms with van der Waals surface area (Å²) in [7, 11) is 1.56. The summed E-state index contributed by atoms with van der Waals surface area (Å²) in [6.45, 7) is 0.908. The molecule has 0 amide bonds. The normalized spacial score (nSPS) is 10.8. The van der Waals surface area contributed by atoms with Crippen molar-refractivity contribution in [2.24, 2.45) is 4.99 Å². The van der Waals surface area contributed by atoms with Crippen molar-refractivity contribution in [2.75, 3.05) is 20.3 Å². The Kier molecular flexibility index (Phi) is 4.41. The van der Waals surface area contributed by atoms with Crippen LogP contribution in [0.2, 0.25) is 0 Å². The summed E-state index contributed by atoms with van der Waals surface area (Å²) < 4.78 is 4.79. The lowest BCUT2D eigenvalue weighted by Crippen LogP contribution is -1.94. The van der Waals surface area contributed by atoms with Crippen LogP contribution in [-0.2, 0) is 4.74 Å². The maximum atomic E-state index is 10.5. The predicted octanol–water partition coefficient (Wildman–Crippen LogP) is 1.37. The number of aliphatic imine (C=N–C) groups is 1. The van der Waals surface area contributed by atoms with Crippen molar-refractivity contribution in [1.82, 2.24) is 0 Å². The summed E-state index contributed by atoms with van der Waals surface area (Å²) in [6.07, 6.45) is 1.39. The Labute approximate surface area is 92.3 Å². The number of ether oxygens (including phenoxy) is 1. The summed E-state index contributed by atoms with van der Waals surface area (Å²) in [6, 6.07) is 3.78. The molecule has 6 heteroatoms. The van der Waals surface area contributed by atoms with Gasteiger partial charge in [-0.15, -0.1) is 0 Å². The molecule has 0 fully saturated rings. The van der Waals surface area contributed by atoms with E-state index in [-0.39, 0.29) is 11.4 Å². The smallest absolute Gasteiger partial charge is 0.270 e. The Bertz CT molecular complexity index is 404. The van der Waals surface area contributed by atoms with Gasteiger partial charge in [0, 0.05) is 31.0 Å². The van der Waals surface area contributed by atoms with Crippen LogP contribution in [0.3, 0.4) is 0 Å². The molecule has 0 aliphatic carbocycles. The van der Waals surface area contributed by atoms with Gasteiger partial charge in [-0.05, 0) is 6.07 Å². The zero-order chi connectivity index (χ0) is 12.0. The first-order valence-corrected chi connectivity index (χ1v) is 4.61. The Balaban J connectivity index is 2.82. The predicted molar refractivity (Wildman–Crippen MR) is 59.1 cm³/mol. The topological polar surface area (TPSA) is 85.0 Å². The lowest BCUT2D eigenvalue weighted by atomic mass is 10.2. The van der Waals surface area contributed by atoms with Gasteiger partial charge < -0.3 is 9.84 Å². The van der Waals surface area contributed by atoms with E-state index in [2.05, 4.69) is 4.99 Å². The van der Waals surface area contributed by atoms with E-state index < -0.39 is 4.92 Å². The van der Waals surface area contributed by atoms with Gasteiger partial charge in [0.05, 0.1) is 18.1 Å². The molecule has 16 heavy (non-hydrogen) atoms. The van der Waals surface area contributed by atoms with E-state index in [1.165, 1.54) is 24.4 Å². The van der Waals surface area contributed by atoms with Crippen molar-refractivity contribution in [2.45, 2.75) is 0 Å². The SMILES string of the molecule is COCCN=Cc1cc([N+](=O)[O-])ccc1O. The van der Waals surface area contributed by atoms with Gasteiger partial charge in [-0.1, -0.05) is 0 Å². The van der Waals surface area contributed by atoms with Crippen LogP contribution in [0.25, 0.3) is 0 Å². The number of nitro groups is 1. The second kappa shape index (κ2) is 5.82. The molecule has 6 nitrogen and oxygen atoms in total. The number of nitrogens with zero attached hydrogens (tertiary/aromatic N) is 2. The zero-order valence-corrected chi connectivity index (χ0v) is 8.79.